The smallest absolute Gasteiger partial charge is 0.335 e. The second-order valence-corrected chi connectivity index (χ2v) is 5.36. The summed E-state index contributed by atoms with van der Waals surface area (Å²) in [5.74, 6) is -1.09. The molecule has 1 rings (SSSR count). The molecule has 21 heavy (non-hydrogen) atoms. The number of amides is 2. The molecule has 0 saturated carbocycles. The van der Waals surface area contributed by atoms with Crippen LogP contribution >= 0.6 is 11.6 Å². The van der Waals surface area contributed by atoms with E-state index in [4.69, 9.17) is 16.7 Å². The molecule has 6 nitrogen and oxygen atoms in total. The molecule has 2 amide bonds. The summed E-state index contributed by atoms with van der Waals surface area (Å²) in [4.78, 5) is 24.7. The Labute approximate surface area is 129 Å². The molecule has 0 atom stereocenters. The number of halogens is 1. The summed E-state index contributed by atoms with van der Waals surface area (Å²) in [6.07, 6.45) is 1.87. The molecule has 0 saturated heterocycles. The average Bonchev–Trinajstić information content (AvgIpc) is 2.37. The fourth-order valence-corrected chi connectivity index (χ4v) is 1.95. The molecule has 1 aromatic rings. The number of hydrogen-bond donors (Lipinski definition) is 3. The molecule has 0 unspecified atom stereocenters. The van der Waals surface area contributed by atoms with Gasteiger partial charge in [-0.3, -0.25) is 0 Å². The van der Waals surface area contributed by atoms with E-state index < -0.39 is 5.97 Å². The Hall–Kier alpha value is -1.79. The number of aromatic carboxylic acids is 1. The molecule has 0 aromatic heterocycles. The normalized spacial score (nSPS) is 10.5. The highest BCUT2D eigenvalue weighted by Crippen LogP contribution is 2.19. The van der Waals surface area contributed by atoms with Crippen molar-refractivity contribution in [3.8, 4) is 0 Å². The monoisotopic (exact) mass is 313 g/mol. The number of hydrogen-bond acceptors (Lipinski definition) is 3. The predicted octanol–water partition coefficient (Wildman–Crippen LogP) is 2.50. The summed E-state index contributed by atoms with van der Waals surface area (Å²) in [5, 5.41) is 14.5. The highest BCUT2D eigenvalue weighted by atomic mass is 35.5. The van der Waals surface area contributed by atoms with E-state index in [1.807, 2.05) is 14.1 Å². The van der Waals surface area contributed by atoms with E-state index in [9.17, 15) is 9.59 Å². The van der Waals surface area contributed by atoms with Gasteiger partial charge in [0.15, 0.2) is 0 Å². The molecule has 0 spiro atoms. The van der Waals surface area contributed by atoms with E-state index in [1.165, 1.54) is 18.2 Å². The standard InChI is InChI=1S/C14H20ClN3O3/c1-18(2)6-4-3-5-16-14(21)17-12-8-10(13(19)20)7-11(15)9-12/h7-9H,3-6H2,1-2H3,(H,19,20)(H2,16,17,21). The van der Waals surface area contributed by atoms with Gasteiger partial charge in [-0.25, -0.2) is 9.59 Å². The number of carbonyl (C=O) groups is 2. The SMILES string of the molecule is CN(C)CCCCNC(=O)Nc1cc(Cl)cc(C(=O)O)c1. The summed E-state index contributed by atoms with van der Waals surface area (Å²) in [7, 11) is 4.00. The lowest BCUT2D eigenvalue weighted by Gasteiger charge is -2.10. The van der Waals surface area contributed by atoms with Crippen molar-refractivity contribution in [1.29, 1.82) is 0 Å². The maximum atomic E-state index is 11.7. The molecule has 0 aliphatic heterocycles. The topological polar surface area (TPSA) is 81.7 Å². The van der Waals surface area contributed by atoms with E-state index in [1.54, 1.807) is 0 Å². The second-order valence-electron chi connectivity index (χ2n) is 4.93. The zero-order valence-electron chi connectivity index (χ0n) is 12.1. The minimum absolute atomic E-state index is 0.0313. The van der Waals surface area contributed by atoms with Crippen molar-refractivity contribution in [1.82, 2.24) is 10.2 Å². The molecule has 0 radical (unpaired) electrons. The summed E-state index contributed by atoms with van der Waals surface area (Å²) in [5.41, 5.74) is 0.384. The van der Waals surface area contributed by atoms with Crippen molar-refractivity contribution >= 4 is 29.3 Å². The van der Waals surface area contributed by atoms with Crippen LogP contribution in [-0.2, 0) is 0 Å². The van der Waals surface area contributed by atoms with Gasteiger partial charge in [0, 0.05) is 17.3 Å². The van der Waals surface area contributed by atoms with Gasteiger partial charge < -0.3 is 20.6 Å². The first-order chi connectivity index (χ1) is 9.88. The van der Waals surface area contributed by atoms with Gasteiger partial charge in [0.1, 0.15) is 0 Å². The van der Waals surface area contributed by atoms with Crippen molar-refractivity contribution in [2.45, 2.75) is 12.8 Å². The zero-order chi connectivity index (χ0) is 15.8. The Kier molecular flexibility index (Phi) is 6.98. The van der Waals surface area contributed by atoms with E-state index in [0.29, 0.717) is 12.2 Å². The Morgan fingerprint density at radius 1 is 1.24 bits per heavy atom. The molecule has 0 aliphatic rings. The molecule has 0 bridgehead atoms. The number of carboxylic acids is 1. The summed E-state index contributed by atoms with van der Waals surface area (Å²) in [6, 6.07) is 3.81. The van der Waals surface area contributed by atoms with E-state index in [-0.39, 0.29) is 16.6 Å². The van der Waals surface area contributed by atoms with Gasteiger partial charge in [0.25, 0.3) is 0 Å². The van der Waals surface area contributed by atoms with Crippen LogP contribution in [0.5, 0.6) is 0 Å². The average molecular weight is 314 g/mol. The number of carbonyl (C=O) groups excluding carboxylic acids is 1. The first-order valence-corrected chi connectivity index (χ1v) is 7.00. The van der Waals surface area contributed by atoms with Crippen LogP contribution in [0.2, 0.25) is 5.02 Å². The van der Waals surface area contributed by atoms with Gasteiger partial charge in [-0.2, -0.15) is 0 Å². The Morgan fingerprint density at radius 3 is 2.57 bits per heavy atom. The zero-order valence-corrected chi connectivity index (χ0v) is 12.9. The molecule has 0 aliphatic carbocycles. The molecule has 116 valence electrons. The largest absolute Gasteiger partial charge is 0.478 e. The molecule has 0 heterocycles. The van der Waals surface area contributed by atoms with Gasteiger partial charge in [0.05, 0.1) is 5.56 Å². The number of benzene rings is 1. The lowest BCUT2D eigenvalue weighted by atomic mass is 10.2. The predicted molar refractivity (Wildman–Crippen MR) is 83.2 cm³/mol. The minimum atomic E-state index is -1.09. The Morgan fingerprint density at radius 2 is 1.95 bits per heavy atom. The van der Waals surface area contributed by atoms with E-state index in [0.717, 1.165) is 19.4 Å². The quantitative estimate of drug-likeness (QED) is 0.676. The number of urea groups is 1. The summed E-state index contributed by atoms with van der Waals surface area (Å²) < 4.78 is 0. The summed E-state index contributed by atoms with van der Waals surface area (Å²) >= 11 is 5.81. The third kappa shape index (κ3) is 6.97. The van der Waals surface area contributed by atoms with Crippen molar-refractivity contribution in [2.24, 2.45) is 0 Å². The van der Waals surface area contributed by atoms with Crippen molar-refractivity contribution in [3.63, 3.8) is 0 Å². The van der Waals surface area contributed by atoms with E-state index in [2.05, 4.69) is 15.5 Å². The maximum absolute atomic E-state index is 11.7. The fraction of sp³-hybridized carbons (Fsp3) is 0.429. The fourth-order valence-electron chi connectivity index (χ4n) is 1.72. The Balaban J connectivity index is 2.42. The van der Waals surface area contributed by atoms with Gasteiger partial charge in [-0.05, 0) is 51.7 Å². The highest BCUT2D eigenvalue weighted by Gasteiger charge is 2.08. The van der Waals surface area contributed by atoms with Crippen molar-refractivity contribution in [2.75, 3.05) is 32.5 Å². The number of unbranched alkanes of at least 4 members (excludes halogenated alkanes) is 1. The van der Waals surface area contributed by atoms with Crippen LogP contribution in [0.15, 0.2) is 18.2 Å². The minimum Gasteiger partial charge on any atom is -0.478 e. The first kappa shape index (κ1) is 17.3. The number of anilines is 1. The lowest BCUT2D eigenvalue weighted by molar-refractivity contribution is 0.0697. The number of carboxylic acid groups (broad SMARTS) is 1. The van der Waals surface area contributed by atoms with Crippen LogP contribution in [0.4, 0.5) is 10.5 Å². The first-order valence-electron chi connectivity index (χ1n) is 6.62. The van der Waals surface area contributed by atoms with Crippen molar-refractivity contribution < 1.29 is 14.7 Å². The third-order valence-corrected chi connectivity index (χ3v) is 2.94. The number of nitrogens with zero attached hydrogens (tertiary/aromatic N) is 1. The van der Waals surface area contributed by atoms with Gasteiger partial charge >= 0.3 is 12.0 Å². The van der Waals surface area contributed by atoms with Crippen LogP contribution in [0, 0.1) is 0 Å². The van der Waals surface area contributed by atoms with Gasteiger partial charge in [-0.1, -0.05) is 11.6 Å². The lowest BCUT2D eigenvalue weighted by Crippen LogP contribution is -2.30. The second kappa shape index (κ2) is 8.49. The highest BCUT2D eigenvalue weighted by molar-refractivity contribution is 6.31. The van der Waals surface area contributed by atoms with Crippen LogP contribution in [-0.4, -0.2) is 49.2 Å². The van der Waals surface area contributed by atoms with Crippen LogP contribution in [0.3, 0.4) is 0 Å². The van der Waals surface area contributed by atoms with Crippen molar-refractivity contribution in [3.05, 3.63) is 28.8 Å². The molecule has 0 fully saturated rings. The molecule has 1 aromatic carbocycles. The Bertz CT molecular complexity index is 506. The van der Waals surface area contributed by atoms with E-state index >= 15 is 0 Å². The number of nitrogens with one attached hydrogen (secondary N) is 2. The summed E-state index contributed by atoms with van der Waals surface area (Å²) in [6.45, 7) is 1.53. The van der Waals surface area contributed by atoms with Gasteiger partial charge in [-0.15, -0.1) is 0 Å². The molecular weight excluding hydrogens is 294 g/mol. The molecular formula is C14H20ClN3O3. The molecule has 7 heteroatoms. The van der Waals surface area contributed by atoms with Crippen LogP contribution in [0.1, 0.15) is 23.2 Å². The maximum Gasteiger partial charge on any atom is 0.335 e. The molecule has 3 N–H and O–H groups in total. The third-order valence-electron chi connectivity index (χ3n) is 2.72. The van der Waals surface area contributed by atoms with Crippen LogP contribution in [0.25, 0.3) is 0 Å². The van der Waals surface area contributed by atoms with Crippen LogP contribution < -0.4 is 10.6 Å². The van der Waals surface area contributed by atoms with Gasteiger partial charge in [0.2, 0.25) is 0 Å². The number of rotatable bonds is 7.